The molecule has 35 heavy (non-hydrogen) atoms. The van der Waals surface area contributed by atoms with Crippen LogP contribution in [0.1, 0.15) is 21.5 Å². The summed E-state index contributed by atoms with van der Waals surface area (Å²) >= 11 is 0. The molecule has 2 aromatic carbocycles. The maximum Gasteiger partial charge on any atom is 0.417 e. The van der Waals surface area contributed by atoms with Gasteiger partial charge in [-0.25, -0.2) is 9.37 Å². The number of carbonyl (C=O) groups excluding carboxylic acids is 1. The molecule has 2 heterocycles. The highest BCUT2D eigenvalue weighted by Crippen LogP contribution is 2.32. The van der Waals surface area contributed by atoms with Crippen LogP contribution in [-0.2, 0) is 6.18 Å². The van der Waals surface area contributed by atoms with Gasteiger partial charge in [0, 0.05) is 37.9 Å². The van der Waals surface area contributed by atoms with E-state index in [2.05, 4.69) is 16.8 Å². The topological polar surface area (TPSA) is 45.7 Å². The minimum Gasteiger partial charge on any atom is -0.481 e. The number of nitrogens with zero attached hydrogens (tertiary/aromatic N) is 3. The van der Waals surface area contributed by atoms with E-state index in [0.29, 0.717) is 30.2 Å². The summed E-state index contributed by atoms with van der Waals surface area (Å²) in [7, 11) is 0. The van der Waals surface area contributed by atoms with Crippen molar-refractivity contribution in [2.75, 3.05) is 37.7 Å². The van der Waals surface area contributed by atoms with Gasteiger partial charge in [-0.3, -0.25) is 4.79 Å². The number of aromatic nitrogens is 1. The van der Waals surface area contributed by atoms with E-state index in [4.69, 9.17) is 4.74 Å². The molecule has 1 aliphatic heterocycles. The third kappa shape index (κ3) is 6.09. The first kappa shape index (κ1) is 24.1. The Morgan fingerprint density at radius 1 is 0.971 bits per heavy atom. The van der Waals surface area contributed by atoms with Crippen LogP contribution < -0.4 is 9.64 Å². The number of piperazine rings is 1. The van der Waals surface area contributed by atoms with Crippen LogP contribution >= 0.6 is 0 Å². The molecular weight excluding hydrogens is 462 g/mol. The molecule has 1 saturated heterocycles. The molecule has 0 N–H and O–H groups in total. The average molecular weight is 483 g/mol. The lowest BCUT2D eigenvalue weighted by Gasteiger charge is -2.35. The monoisotopic (exact) mass is 483 g/mol. The summed E-state index contributed by atoms with van der Waals surface area (Å²) in [5.74, 6) is 6.06. The van der Waals surface area contributed by atoms with Crippen LogP contribution in [0.5, 0.6) is 5.75 Å². The number of pyridine rings is 1. The van der Waals surface area contributed by atoms with E-state index >= 15 is 0 Å². The van der Waals surface area contributed by atoms with Crippen molar-refractivity contribution in [3.63, 3.8) is 0 Å². The molecular formula is C26H21F4N3O2. The van der Waals surface area contributed by atoms with E-state index < -0.39 is 17.6 Å². The SMILES string of the molecule is O=C(c1ccccc1C(F)(F)F)N1CCN(c2ccc(C#CCOc3ccc(F)cc3)cn2)CC1. The van der Waals surface area contributed by atoms with Crippen molar-refractivity contribution in [3.05, 3.63) is 89.4 Å². The predicted molar refractivity (Wildman–Crippen MR) is 123 cm³/mol. The number of anilines is 1. The number of rotatable bonds is 4. The Morgan fingerprint density at radius 3 is 2.34 bits per heavy atom. The molecule has 0 atom stereocenters. The van der Waals surface area contributed by atoms with Crippen LogP contribution in [0.3, 0.4) is 0 Å². The van der Waals surface area contributed by atoms with Crippen molar-refractivity contribution >= 4 is 11.7 Å². The maximum absolute atomic E-state index is 13.3. The molecule has 4 rings (SSSR count). The molecule has 0 saturated carbocycles. The summed E-state index contributed by atoms with van der Waals surface area (Å²) in [6.07, 6.45) is -2.97. The first-order chi connectivity index (χ1) is 16.8. The van der Waals surface area contributed by atoms with Gasteiger partial charge in [-0.05, 0) is 48.5 Å². The van der Waals surface area contributed by atoms with E-state index in [1.165, 1.54) is 47.4 Å². The van der Waals surface area contributed by atoms with Crippen LogP contribution in [0.15, 0.2) is 66.9 Å². The molecule has 0 spiro atoms. The van der Waals surface area contributed by atoms with Gasteiger partial charge in [0.2, 0.25) is 0 Å². The van der Waals surface area contributed by atoms with Gasteiger partial charge in [0.25, 0.3) is 5.91 Å². The largest absolute Gasteiger partial charge is 0.481 e. The van der Waals surface area contributed by atoms with Crippen molar-refractivity contribution < 1.29 is 27.1 Å². The Labute approximate surface area is 199 Å². The fraction of sp³-hybridized carbons (Fsp3) is 0.231. The fourth-order valence-electron chi connectivity index (χ4n) is 3.66. The van der Waals surface area contributed by atoms with Crippen molar-refractivity contribution in [2.24, 2.45) is 0 Å². The van der Waals surface area contributed by atoms with E-state index in [-0.39, 0.29) is 31.1 Å². The molecule has 9 heteroatoms. The van der Waals surface area contributed by atoms with Crippen LogP contribution in [0.2, 0.25) is 0 Å². The van der Waals surface area contributed by atoms with Gasteiger partial charge in [-0.1, -0.05) is 24.0 Å². The summed E-state index contributed by atoms with van der Waals surface area (Å²) in [6.45, 7) is 1.61. The second kappa shape index (κ2) is 10.5. The lowest BCUT2D eigenvalue weighted by molar-refractivity contribution is -0.138. The molecule has 5 nitrogen and oxygen atoms in total. The van der Waals surface area contributed by atoms with Crippen molar-refractivity contribution in [3.8, 4) is 17.6 Å². The lowest BCUT2D eigenvalue weighted by atomic mass is 10.1. The number of ether oxygens (including phenoxy) is 1. The van der Waals surface area contributed by atoms with Crippen molar-refractivity contribution in [2.45, 2.75) is 6.18 Å². The summed E-state index contributed by atoms with van der Waals surface area (Å²) in [6, 6.07) is 14.1. The number of amides is 1. The highest BCUT2D eigenvalue weighted by molar-refractivity contribution is 5.96. The Balaban J connectivity index is 1.31. The van der Waals surface area contributed by atoms with Crippen LogP contribution in [0.4, 0.5) is 23.4 Å². The minimum atomic E-state index is -4.59. The average Bonchev–Trinajstić information content (AvgIpc) is 2.87. The van der Waals surface area contributed by atoms with Gasteiger partial charge in [-0.2, -0.15) is 13.2 Å². The van der Waals surface area contributed by atoms with E-state index in [0.717, 1.165) is 6.07 Å². The first-order valence-electron chi connectivity index (χ1n) is 10.8. The van der Waals surface area contributed by atoms with E-state index in [1.54, 1.807) is 12.3 Å². The summed E-state index contributed by atoms with van der Waals surface area (Å²) in [4.78, 5) is 20.5. The minimum absolute atomic E-state index is 0.140. The van der Waals surface area contributed by atoms with Gasteiger partial charge in [0.05, 0.1) is 11.1 Å². The Hall–Kier alpha value is -4.06. The molecule has 180 valence electrons. The quantitative estimate of drug-likeness (QED) is 0.401. The number of benzene rings is 2. The van der Waals surface area contributed by atoms with Crippen molar-refractivity contribution in [1.82, 2.24) is 9.88 Å². The smallest absolute Gasteiger partial charge is 0.417 e. The Morgan fingerprint density at radius 2 is 1.69 bits per heavy atom. The molecule has 1 aliphatic rings. The maximum atomic E-state index is 13.3. The van der Waals surface area contributed by atoms with Gasteiger partial charge in [0.15, 0.2) is 0 Å². The molecule has 1 aromatic heterocycles. The zero-order chi connectivity index (χ0) is 24.8. The zero-order valence-corrected chi connectivity index (χ0v) is 18.6. The van der Waals surface area contributed by atoms with Crippen molar-refractivity contribution in [1.29, 1.82) is 0 Å². The highest BCUT2D eigenvalue weighted by Gasteiger charge is 2.36. The van der Waals surface area contributed by atoms with Crippen LogP contribution in [-0.4, -0.2) is 48.6 Å². The molecule has 0 bridgehead atoms. The van der Waals surface area contributed by atoms with Gasteiger partial charge in [0.1, 0.15) is 24.0 Å². The Kier molecular flexibility index (Phi) is 7.20. The second-order valence-corrected chi connectivity index (χ2v) is 7.77. The molecule has 0 unspecified atom stereocenters. The number of alkyl halides is 3. The molecule has 0 radical (unpaired) electrons. The third-order valence-electron chi connectivity index (χ3n) is 5.46. The number of hydrogen-bond acceptors (Lipinski definition) is 4. The van der Waals surface area contributed by atoms with E-state index in [9.17, 15) is 22.4 Å². The molecule has 0 aliphatic carbocycles. The van der Waals surface area contributed by atoms with Crippen LogP contribution in [0, 0.1) is 17.7 Å². The predicted octanol–water partition coefficient (Wildman–Crippen LogP) is 4.63. The van der Waals surface area contributed by atoms with Crippen LogP contribution in [0.25, 0.3) is 0 Å². The Bertz CT molecular complexity index is 1220. The zero-order valence-electron chi connectivity index (χ0n) is 18.6. The second-order valence-electron chi connectivity index (χ2n) is 7.77. The number of carbonyl (C=O) groups is 1. The summed E-state index contributed by atoms with van der Waals surface area (Å²) in [5.41, 5.74) is -0.569. The standard InChI is InChI=1S/C26H21F4N3O2/c27-20-8-10-21(11-9-20)35-17-3-4-19-7-12-24(31-18-19)32-13-15-33(16-14-32)25(34)22-5-1-2-6-23(22)26(28,29)30/h1-2,5-12,18H,13-17H2. The fourth-order valence-corrected chi connectivity index (χ4v) is 3.66. The summed E-state index contributed by atoms with van der Waals surface area (Å²) in [5, 5.41) is 0. The summed E-state index contributed by atoms with van der Waals surface area (Å²) < 4.78 is 58.1. The molecule has 1 amide bonds. The molecule has 3 aromatic rings. The van der Waals surface area contributed by atoms with Gasteiger partial charge in [-0.15, -0.1) is 0 Å². The number of halogens is 4. The highest BCUT2D eigenvalue weighted by atomic mass is 19.4. The van der Waals surface area contributed by atoms with Gasteiger partial charge < -0.3 is 14.5 Å². The number of hydrogen-bond donors (Lipinski definition) is 0. The van der Waals surface area contributed by atoms with E-state index in [1.807, 2.05) is 11.0 Å². The lowest BCUT2D eigenvalue weighted by Crippen LogP contribution is -2.49. The molecule has 1 fully saturated rings. The normalized spacial score (nSPS) is 13.7. The first-order valence-corrected chi connectivity index (χ1v) is 10.8. The van der Waals surface area contributed by atoms with Gasteiger partial charge >= 0.3 is 6.18 Å². The third-order valence-corrected chi connectivity index (χ3v) is 5.46.